The Morgan fingerprint density at radius 2 is 1.89 bits per heavy atom. The van der Waals surface area contributed by atoms with Crippen molar-refractivity contribution >= 4 is 23.4 Å². The molecule has 0 saturated carbocycles. The Kier molecular flexibility index (Phi) is 6.07. The van der Waals surface area contributed by atoms with E-state index in [1.54, 1.807) is 47.2 Å². The molecule has 0 radical (unpaired) electrons. The number of aromatic nitrogens is 1. The van der Waals surface area contributed by atoms with E-state index in [2.05, 4.69) is 16.4 Å². The van der Waals surface area contributed by atoms with E-state index in [1.165, 1.54) is 6.20 Å². The zero-order chi connectivity index (χ0) is 19.9. The van der Waals surface area contributed by atoms with Crippen LogP contribution in [-0.2, 0) is 4.74 Å². The van der Waals surface area contributed by atoms with Crippen molar-refractivity contribution in [2.75, 3.05) is 38.1 Å². The van der Waals surface area contributed by atoms with Crippen LogP contribution in [0.2, 0.25) is 0 Å². The molecule has 28 heavy (non-hydrogen) atoms. The summed E-state index contributed by atoms with van der Waals surface area (Å²) in [5.74, 6) is -0.145. The van der Waals surface area contributed by atoms with Gasteiger partial charge in [0.15, 0.2) is 0 Å². The molecule has 0 atom stereocenters. The van der Waals surface area contributed by atoms with Crippen molar-refractivity contribution in [1.82, 2.24) is 14.8 Å². The highest BCUT2D eigenvalue weighted by atomic mass is 16.6. The van der Waals surface area contributed by atoms with E-state index in [-0.39, 0.29) is 12.0 Å². The summed E-state index contributed by atoms with van der Waals surface area (Å²) in [6, 6.07) is 11.0. The van der Waals surface area contributed by atoms with Gasteiger partial charge in [0.25, 0.3) is 5.91 Å². The molecule has 0 unspecified atom stereocenters. The van der Waals surface area contributed by atoms with Crippen LogP contribution in [0.5, 0.6) is 0 Å². The summed E-state index contributed by atoms with van der Waals surface area (Å²) in [7, 11) is 0. The first-order chi connectivity index (χ1) is 13.6. The van der Waals surface area contributed by atoms with Gasteiger partial charge in [-0.15, -0.1) is 0 Å². The number of nitrogens with one attached hydrogen (secondary N) is 1. The van der Waals surface area contributed by atoms with Crippen LogP contribution in [0.25, 0.3) is 0 Å². The molecule has 144 valence electrons. The van der Waals surface area contributed by atoms with Gasteiger partial charge in [0.05, 0.1) is 35.3 Å². The maximum absolute atomic E-state index is 12.8. The van der Waals surface area contributed by atoms with E-state index in [0.717, 1.165) is 0 Å². The molecule has 1 fully saturated rings. The minimum atomic E-state index is -0.348. The molecule has 1 N–H and O–H groups in total. The van der Waals surface area contributed by atoms with E-state index < -0.39 is 0 Å². The highest BCUT2D eigenvalue weighted by Crippen LogP contribution is 2.21. The SMILES string of the molecule is CCOC(=O)N1CCN(C(=O)c2cncc(Nc3ccccc3C#N)c2)CC1. The summed E-state index contributed by atoms with van der Waals surface area (Å²) >= 11 is 0. The number of carbonyl (C=O) groups excluding carboxylic acids is 2. The molecule has 2 aromatic rings. The normalized spacial score (nSPS) is 13.6. The zero-order valence-corrected chi connectivity index (χ0v) is 15.6. The Hall–Kier alpha value is -3.60. The van der Waals surface area contributed by atoms with Crippen LogP contribution in [0.4, 0.5) is 16.2 Å². The lowest BCUT2D eigenvalue weighted by Crippen LogP contribution is -2.50. The number of carbonyl (C=O) groups is 2. The van der Waals surface area contributed by atoms with Gasteiger partial charge in [-0.3, -0.25) is 9.78 Å². The molecule has 3 rings (SSSR count). The van der Waals surface area contributed by atoms with E-state index in [9.17, 15) is 14.9 Å². The summed E-state index contributed by atoms with van der Waals surface area (Å²) in [4.78, 5) is 32.0. The number of amides is 2. The lowest BCUT2D eigenvalue weighted by molar-refractivity contribution is 0.0570. The van der Waals surface area contributed by atoms with Crippen LogP contribution in [0.3, 0.4) is 0 Å². The number of nitrogens with zero attached hydrogens (tertiary/aromatic N) is 4. The molecular formula is C20H21N5O3. The summed E-state index contributed by atoms with van der Waals surface area (Å²) < 4.78 is 5.00. The quantitative estimate of drug-likeness (QED) is 0.877. The van der Waals surface area contributed by atoms with Crippen molar-refractivity contribution in [2.24, 2.45) is 0 Å². The second-order valence-electron chi connectivity index (χ2n) is 6.22. The van der Waals surface area contributed by atoms with Gasteiger partial charge in [0.2, 0.25) is 0 Å². The predicted octanol–water partition coefficient (Wildman–Crippen LogP) is 2.61. The van der Waals surface area contributed by atoms with Gasteiger partial charge < -0.3 is 19.9 Å². The fraction of sp³-hybridized carbons (Fsp3) is 0.300. The molecule has 0 bridgehead atoms. The lowest BCUT2D eigenvalue weighted by Gasteiger charge is -2.34. The molecule has 0 spiro atoms. The van der Waals surface area contributed by atoms with E-state index >= 15 is 0 Å². The second kappa shape index (κ2) is 8.86. The molecule has 8 heteroatoms. The minimum Gasteiger partial charge on any atom is -0.450 e. The molecule has 1 aliphatic rings. The van der Waals surface area contributed by atoms with Crippen molar-refractivity contribution in [2.45, 2.75) is 6.92 Å². The molecular weight excluding hydrogens is 358 g/mol. The smallest absolute Gasteiger partial charge is 0.409 e. The predicted molar refractivity (Wildman–Crippen MR) is 103 cm³/mol. The molecule has 1 saturated heterocycles. The third kappa shape index (κ3) is 4.38. The van der Waals surface area contributed by atoms with Crippen LogP contribution in [-0.4, -0.2) is 59.6 Å². The fourth-order valence-electron chi connectivity index (χ4n) is 2.96. The number of ether oxygens (including phenoxy) is 1. The first kappa shape index (κ1) is 19.2. The summed E-state index contributed by atoms with van der Waals surface area (Å²) in [5, 5.41) is 12.3. The Labute approximate surface area is 163 Å². The van der Waals surface area contributed by atoms with E-state index in [4.69, 9.17) is 4.74 Å². The summed E-state index contributed by atoms with van der Waals surface area (Å²) in [6.45, 7) is 3.84. The number of para-hydroxylation sites is 1. The van der Waals surface area contributed by atoms with E-state index in [1.807, 2.05) is 6.07 Å². The number of nitriles is 1. The molecule has 2 amide bonds. The fourth-order valence-corrected chi connectivity index (χ4v) is 2.96. The number of anilines is 2. The number of hydrogen-bond donors (Lipinski definition) is 1. The minimum absolute atomic E-state index is 0.145. The maximum atomic E-state index is 12.8. The third-order valence-electron chi connectivity index (χ3n) is 4.40. The van der Waals surface area contributed by atoms with Gasteiger partial charge in [-0.1, -0.05) is 12.1 Å². The van der Waals surface area contributed by atoms with Crippen molar-refractivity contribution in [3.63, 3.8) is 0 Å². The standard InChI is InChI=1S/C20H21N5O3/c1-2-28-20(27)25-9-7-24(8-10-25)19(26)16-11-17(14-22-13-16)23-18-6-4-3-5-15(18)12-21/h3-6,11,13-14,23H,2,7-10H2,1H3. The number of benzene rings is 1. The Balaban J connectivity index is 1.66. The topological polar surface area (TPSA) is 98.6 Å². The van der Waals surface area contributed by atoms with Gasteiger partial charge in [-0.2, -0.15) is 5.26 Å². The average molecular weight is 379 g/mol. The van der Waals surface area contributed by atoms with Crippen LogP contribution in [0.1, 0.15) is 22.8 Å². The van der Waals surface area contributed by atoms with Gasteiger partial charge in [-0.25, -0.2) is 4.79 Å². The first-order valence-corrected chi connectivity index (χ1v) is 9.04. The van der Waals surface area contributed by atoms with Crippen LogP contribution >= 0.6 is 0 Å². The molecule has 0 aliphatic carbocycles. The molecule has 1 aromatic heterocycles. The van der Waals surface area contributed by atoms with Crippen molar-refractivity contribution < 1.29 is 14.3 Å². The Morgan fingerprint density at radius 3 is 2.61 bits per heavy atom. The number of piperazine rings is 1. The Bertz CT molecular complexity index is 901. The maximum Gasteiger partial charge on any atom is 0.409 e. The first-order valence-electron chi connectivity index (χ1n) is 9.04. The number of rotatable bonds is 4. The van der Waals surface area contributed by atoms with Gasteiger partial charge in [-0.05, 0) is 25.1 Å². The highest BCUT2D eigenvalue weighted by Gasteiger charge is 2.25. The monoisotopic (exact) mass is 379 g/mol. The molecule has 1 aromatic carbocycles. The third-order valence-corrected chi connectivity index (χ3v) is 4.40. The zero-order valence-electron chi connectivity index (χ0n) is 15.6. The largest absolute Gasteiger partial charge is 0.450 e. The summed E-state index contributed by atoms with van der Waals surface area (Å²) in [6.07, 6.45) is 2.77. The van der Waals surface area contributed by atoms with Gasteiger partial charge >= 0.3 is 6.09 Å². The van der Waals surface area contributed by atoms with Crippen molar-refractivity contribution in [3.05, 3.63) is 53.9 Å². The Morgan fingerprint density at radius 1 is 1.18 bits per heavy atom. The molecule has 8 nitrogen and oxygen atoms in total. The number of pyridine rings is 1. The lowest BCUT2D eigenvalue weighted by atomic mass is 10.1. The highest BCUT2D eigenvalue weighted by molar-refractivity contribution is 5.95. The van der Waals surface area contributed by atoms with Crippen LogP contribution < -0.4 is 5.32 Å². The van der Waals surface area contributed by atoms with Crippen LogP contribution in [0.15, 0.2) is 42.7 Å². The van der Waals surface area contributed by atoms with Crippen molar-refractivity contribution in [1.29, 1.82) is 5.26 Å². The van der Waals surface area contributed by atoms with Crippen LogP contribution in [0, 0.1) is 11.3 Å². The number of hydrogen-bond acceptors (Lipinski definition) is 6. The molecule has 1 aliphatic heterocycles. The van der Waals surface area contributed by atoms with Gasteiger partial charge in [0, 0.05) is 32.4 Å². The second-order valence-corrected chi connectivity index (χ2v) is 6.22. The summed E-state index contributed by atoms with van der Waals surface area (Å²) in [5.41, 5.74) is 2.23. The van der Waals surface area contributed by atoms with Gasteiger partial charge in [0.1, 0.15) is 6.07 Å². The van der Waals surface area contributed by atoms with Crippen molar-refractivity contribution in [3.8, 4) is 6.07 Å². The average Bonchev–Trinajstić information content (AvgIpc) is 2.74. The van der Waals surface area contributed by atoms with E-state index in [0.29, 0.717) is 55.3 Å². The molecule has 2 heterocycles.